The highest BCUT2D eigenvalue weighted by molar-refractivity contribution is 5.73. The summed E-state index contributed by atoms with van der Waals surface area (Å²) in [4.78, 5) is 21.8. The molecule has 0 radical (unpaired) electrons. The van der Waals surface area contributed by atoms with E-state index in [4.69, 9.17) is 9.84 Å². The quantitative estimate of drug-likeness (QED) is 0.885. The minimum Gasteiger partial charge on any atom is -0.479 e. The van der Waals surface area contributed by atoms with Crippen LogP contribution in [0, 0.1) is 6.92 Å². The van der Waals surface area contributed by atoms with Gasteiger partial charge >= 0.3 is 5.97 Å². The Morgan fingerprint density at radius 1 is 1.53 bits per heavy atom. The number of carboxylic acid groups (broad SMARTS) is 1. The Morgan fingerprint density at radius 3 is 2.89 bits per heavy atom. The molecule has 0 saturated carbocycles. The number of morpholine rings is 1. The van der Waals surface area contributed by atoms with Crippen LogP contribution in [0.15, 0.2) is 6.07 Å². The molecule has 104 valence electrons. The topological polar surface area (TPSA) is 75.6 Å². The van der Waals surface area contributed by atoms with E-state index in [-0.39, 0.29) is 6.54 Å². The average molecular weight is 265 g/mol. The highest BCUT2D eigenvalue weighted by atomic mass is 16.5. The van der Waals surface area contributed by atoms with Crippen molar-refractivity contribution < 1.29 is 14.6 Å². The number of hydrogen-bond acceptors (Lipinski definition) is 5. The maximum absolute atomic E-state index is 11.0. The van der Waals surface area contributed by atoms with Gasteiger partial charge in [0.1, 0.15) is 0 Å². The van der Waals surface area contributed by atoms with Gasteiger partial charge in [0.05, 0.1) is 13.2 Å². The van der Waals surface area contributed by atoms with Crippen LogP contribution in [0.2, 0.25) is 0 Å². The number of carbonyl (C=O) groups is 1. The van der Waals surface area contributed by atoms with Gasteiger partial charge < -0.3 is 14.7 Å². The summed E-state index contributed by atoms with van der Waals surface area (Å²) in [6.07, 6.45) is -0.805. The Balaban J connectivity index is 2.23. The summed E-state index contributed by atoms with van der Waals surface area (Å²) in [5, 5.41) is 9.01. The number of ether oxygens (including phenoxy) is 1. The van der Waals surface area contributed by atoms with E-state index in [1.807, 2.05) is 17.9 Å². The van der Waals surface area contributed by atoms with Gasteiger partial charge in [0.2, 0.25) is 5.95 Å². The molecule has 0 amide bonds. The number of hydrogen-bond donors (Lipinski definition) is 1. The van der Waals surface area contributed by atoms with Gasteiger partial charge in [-0.05, 0) is 18.9 Å². The van der Waals surface area contributed by atoms with Crippen LogP contribution in [0.4, 0.5) is 5.95 Å². The highest BCUT2D eigenvalue weighted by Crippen LogP contribution is 2.18. The number of carboxylic acids is 1. The first-order valence-corrected chi connectivity index (χ1v) is 6.42. The molecule has 2 heterocycles. The van der Waals surface area contributed by atoms with E-state index < -0.39 is 12.1 Å². The summed E-state index contributed by atoms with van der Waals surface area (Å²) in [5.74, 6) is -0.0311. The molecule has 0 aromatic carbocycles. The molecule has 1 fully saturated rings. The third-order valence-corrected chi connectivity index (χ3v) is 3.08. The van der Waals surface area contributed by atoms with E-state index in [2.05, 4.69) is 23.8 Å². The number of rotatable bonds is 3. The lowest BCUT2D eigenvalue weighted by Gasteiger charge is -2.31. The first kappa shape index (κ1) is 13.7. The number of aliphatic carboxylic acids is 1. The Kier molecular flexibility index (Phi) is 3.99. The summed E-state index contributed by atoms with van der Waals surface area (Å²) >= 11 is 0. The van der Waals surface area contributed by atoms with Gasteiger partial charge in [-0.25, -0.2) is 14.8 Å². The van der Waals surface area contributed by atoms with Gasteiger partial charge in [-0.1, -0.05) is 13.8 Å². The van der Waals surface area contributed by atoms with E-state index >= 15 is 0 Å². The number of aryl methyl sites for hydroxylation is 1. The molecule has 1 N–H and O–H groups in total. The van der Waals surface area contributed by atoms with Crippen LogP contribution in [-0.4, -0.2) is 46.8 Å². The largest absolute Gasteiger partial charge is 0.479 e. The Morgan fingerprint density at radius 2 is 2.26 bits per heavy atom. The fourth-order valence-corrected chi connectivity index (χ4v) is 1.99. The van der Waals surface area contributed by atoms with Gasteiger partial charge in [0.25, 0.3) is 0 Å². The molecule has 1 aliphatic heterocycles. The van der Waals surface area contributed by atoms with Crippen LogP contribution >= 0.6 is 0 Å². The van der Waals surface area contributed by atoms with Gasteiger partial charge in [0, 0.05) is 17.9 Å². The molecule has 19 heavy (non-hydrogen) atoms. The Bertz CT molecular complexity index is 476. The van der Waals surface area contributed by atoms with Gasteiger partial charge in [-0.3, -0.25) is 0 Å². The predicted molar refractivity (Wildman–Crippen MR) is 70.4 cm³/mol. The molecule has 1 aromatic rings. The SMILES string of the molecule is Cc1cc(C(C)C)nc(N2CCOC(C(=O)O)C2)n1. The molecule has 0 bridgehead atoms. The smallest absolute Gasteiger partial charge is 0.334 e. The van der Waals surface area contributed by atoms with Crippen molar-refractivity contribution in [2.75, 3.05) is 24.6 Å². The summed E-state index contributed by atoms with van der Waals surface area (Å²) in [7, 11) is 0. The van der Waals surface area contributed by atoms with Crippen molar-refractivity contribution in [1.82, 2.24) is 9.97 Å². The second-order valence-corrected chi connectivity index (χ2v) is 5.03. The predicted octanol–water partition coefficient (Wildman–Crippen LogP) is 1.20. The van der Waals surface area contributed by atoms with E-state index in [1.165, 1.54) is 0 Å². The molecule has 0 spiro atoms. The minimum atomic E-state index is -0.943. The lowest BCUT2D eigenvalue weighted by Crippen LogP contribution is -2.46. The summed E-state index contributed by atoms with van der Waals surface area (Å²) in [6.45, 7) is 7.36. The lowest BCUT2D eigenvalue weighted by atomic mass is 10.1. The van der Waals surface area contributed by atoms with Crippen molar-refractivity contribution in [2.24, 2.45) is 0 Å². The molecule has 1 unspecified atom stereocenters. The fraction of sp³-hybridized carbons (Fsp3) is 0.615. The van der Waals surface area contributed by atoms with Gasteiger partial charge in [0.15, 0.2) is 6.10 Å². The molecular weight excluding hydrogens is 246 g/mol. The van der Waals surface area contributed by atoms with E-state index in [0.717, 1.165) is 11.4 Å². The van der Waals surface area contributed by atoms with Crippen LogP contribution in [0.3, 0.4) is 0 Å². The van der Waals surface area contributed by atoms with Crippen LogP contribution < -0.4 is 4.90 Å². The third kappa shape index (κ3) is 3.20. The highest BCUT2D eigenvalue weighted by Gasteiger charge is 2.27. The second kappa shape index (κ2) is 5.52. The van der Waals surface area contributed by atoms with Crippen molar-refractivity contribution >= 4 is 11.9 Å². The average Bonchev–Trinajstić information content (AvgIpc) is 2.38. The Hall–Kier alpha value is -1.69. The van der Waals surface area contributed by atoms with Crippen LogP contribution in [-0.2, 0) is 9.53 Å². The molecule has 2 rings (SSSR count). The lowest BCUT2D eigenvalue weighted by molar-refractivity contribution is -0.150. The van der Waals surface area contributed by atoms with Crippen molar-refractivity contribution in [3.8, 4) is 0 Å². The summed E-state index contributed by atoms with van der Waals surface area (Å²) in [6, 6.07) is 1.96. The zero-order chi connectivity index (χ0) is 14.0. The fourth-order valence-electron chi connectivity index (χ4n) is 1.99. The molecule has 0 aliphatic carbocycles. The standard InChI is InChI=1S/C13H19N3O3/c1-8(2)10-6-9(3)14-13(15-10)16-4-5-19-11(7-16)12(17)18/h6,8,11H,4-5,7H2,1-3H3,(H,17,18). The second-order valence-electron chi connectivity index (χ2n) is 5.03. The van der Waals surface area contributed by atoms with Crippen molar-refractivity contribution in [2.45, 2.75) is 32.8 Å². The molecule has 6 heteroatoms. The number of anilines is 1. The van der Waals surface area contributed by atoms with Crippen molar-refractivity contribution in [3.05, 3.63) is 17.5 Å². The molecule has 1 atom stereocenters. The molecule has 1 aromatic heterocycles. The molecule has 1 saturated heterocycles. The maximum Gasteiger partial charge on any atom is 0.334 e. The zero-order valence-electron chi connectivity index (χ0n) is 11.5. The number of aromatic nitrogens is 2. The molecule has 1 aliphatic rings. The minimum absolute atomic E-state index is 0.288. The first-order chi connectivity index (χ1) is 8.97. The van der Waals surface area contributed by atoms with E-state index in [9.17, 15) is 4.79 Å². The normalized spacial score (nSPS) is 19.8. The monoisotopic (exact) mass is 265 g/mol. The van der Waals surface area contributed by atoms with Crippen molar-refractivity contribution in [3.63, 3.8) is 0 Å². The van der Waals surface area contributed by atoms with E-state index in [0.29, 0.717) is 25.0 Å². The molecule has 6 nitrogen and oxygen atoms in total. The molecular formula is C13H19N3O3. The first-order valence-electron chi connectivity index (χ1n) is 6.42. The van der Waals surface area contributed by atoms with Gasteiger partial charge in [-0.15, -0.1) is 0 Å². The van der Waals surface area contributed by atoms with Crippen LogP contribution in [0.1, 0.15) is 31.2 Å². The number of nitrogens with zero attached hydrogens (tertiary/aromatic N) is 3. The maximum atomic E-state index is 11.0. The van der Waals surface area contributed by atoms with Gasteiger partial charge in [-0.2, -0.15) is 0 Å². The van der Waals surface area contributed by atoms with Crippen molar-refractivity contribution in [1.29, 1.82) is 0 Å². The summed E-state index contributed by atoms with van der Waals surface area (Å²) < 4.78 is 5.20. The van der Waals surface area contributed by atoms with Crippen LogP contribution in [0.25, 0.3) is 0 Å². The van der Waals surface area contributed by atoms with Crippen LogP contribution in [0.5, 0.6) is 0 Å². The van der Waals surface area contributed by atoms with E-state index in [1.54, 1.807) is 0 Å². The summed E-state index contributed by atoms with van der Waals surface area (Å²) in [5.41, 5.74) is 1.87. The zero-order valence-corrected chi connectivity index (χ0v) is 11.5. The third-order valence-electron chi connectivity index (χ3n) is 3.08. The Labute approximate surface area is 112 Å².